The number of thiophene rings is 1. The molecule has 0 amide bonds. The maximum absolute atomic E-state index is 6.20. The number of anilines is 1. The van der Waals surface area contributed by atoms with E-state index in [4.69, 9.17) is 16.2 Å². The van der Waals surface area contributed by atoms with Gasteiger partial charge in [-0.3, -0.25) is 0 Å². The largest absolute Gasteiger partial charge is 0.495 e. The molecule has 8 heteroatoms. The van der Waals surface area contributed by atoms with Gasteiger partial charge in [-0.1, -0.05) is 6.07 Å². The van der Waals surface area contributed by atoms with Crippen LogP contribution in [0.15, 0.2) is 30.6 Å². The van der Waals surface area contributed by atoms with Crippen molar-refractivity contribution in [3.05, 3.63) is 41.9 Å². The summed E-state index contributed by atoms with van der Waals surface area (Å²) >= 11 is 1.69. The minimum absolute atomic E-state index is 0.464. The standard InChI is InChI=1S/C19H22N6OS/c1-11-5-12-7-16(27-18(12)15(6-11)26-2)14-8-13(9-22-4-3-20)25-17(14)19(21)23-10-24-25/h5-8,10,22H,3-4,9,20H2,1-2H3,(H2,21,23,24). The van der Waals surface area contributed by atoms with E-state index in [2.05, 4.69) is 46.6 Å². The van der Waals surface area contributed by atoms with E-state index in [1.807, 2.05) is 4.52 Å². The predicted octanol–water partition coefficient (Wildman–Crippen LogP) is 2.56. The Morgan fingerprint density at radius 3 is 2.89 bits per heavy atom. The van der Waals surface area contributed by atoms with Crippen LogP contribution in [-0.2, 0) is 6.54 Å². The van der Waals surface area contributed by atoms with Crippen LogP contribution in [0.4, 0.5) is 5.82 Å². The Bertz CT molecular complexity index is 1120. The van der Waals surface area contributed by atoms with Crippen molar-refractivity contribution in [1.29, 1.82) is 0 Å². The number of hydrogen-bond donors (Lipinski definition) is 3. The summed E-state index contributed by atoms with van der Waals surface area (Å²) in [5, 5.41) is 8.88. The van der Waals surface area contributed by atoms with Crippen LogP contribution >= 0.6 is 11.3 Å². The van der Waals surface area contributed by atoms with Gasteiger partial charge in [0.15, 0.2) is 5.82 Å². The first kappa shape index (κ1) is 17.7. The Balaban J connectivity index is 1.89. The summed E-state index contributed by atoms with van der Waals surface area (Å²) in [6.07, 6.45) is 1.48. The molecule has 0 spiro atoms. The summed E-state index contributed by atoms with van der Waals surface area (Å²) in [6.45, 7) is 4.05. The van der Waals surface area contributed by atoms with Crippen LogP contribution in [0, 0.1) is 6.92 Å². The van der Waals surface area contributed by atoms with Crippen LogP contribution in [-0.4, -0.2) is 34.8 Å². The van der Waals surface area contributed by atoms with Crippen LogP contribution in [0.5, 0.6) is 5.75 Å². The fraction of sp³-hybridized carbons (Fsp3) is 0.263. The Hall–Kier alpha value is -2.68. The molecule has 140 valence electrons. The number of rotatable bonds is 6. The predicted molar refractivity (Wildman–Crippen MR) is 110 cm³/mol. The molecule has 0 atom stereocenters. The molecule has 0 unspecified atom stereocenters. The number of nitrogens with two attached hydrogens (primary N) is 2. The van der Waals surface area contributed by atoms with Gasteiger partial charge in [0, 0.05) is 30.1 Å². The molecule has 3 aromatic heterocycles. The quantitative estimate of drug-likeness (QED) is 0.443. The van der Waals surface area contributed by atoms with Gasteiger partial charge in [-0.25, -0.2) is 9.50 Å². The van der Waals surface area contributed by atoms with E-state index in [0.717, 1.165) is 44.0 Å². The van der Waals surface area contributed by atoms with E-state index in [9.17, 15) is 0 Å². The van der Waals surface area contributed by atoms with Crippen molar-refractivity contribution in [3.63, 3.8) is 0 Å². The summed E-state index contributed by atoms with van der Waals surface area (Å²) in [4.78, 5) is 5.30. The van der Waals surface area contributed by atoms with Crippen molar-refractivity contribution in [2.45, 2.75) is 13.5 Å². The second-order valence-corrected chi connectivity index (χ2v) is 7.47. The molecule has 5 N–H and O–H groups in total. The fourth-order valence-electron chi connectivity index (χ4n) is 3.31. The van der Waals surface area contributed by atoms with Crippen molar-refractivity contribution in [3.8, 4) is 16.2 Å². The molecule has 0 bridgehead atoms. The number of hydrogen-bond acceptors (Lipinski definition) is 7. The SMILES string of the molecule is COc1cc(C)cc2cc(-c3cc(CNCCN)n4ncnc(N)c34)sc12. The van der Waals surface area contributed by atoms with Crippen molar-refractivity contribution in [1.82, 2.24) is 19.9 Å². The highest BCUT2D eigenvalue weighted by atomic mass is 32.1. The number of aromatic nitrogens is 3. The number of nitrogens with zero attached hydrogens (tertiary/aromatic N) is 3. The Kier molecular flexibility index (Phi) is 4.69. The van der Waals surface area contributed by atoms with Crippen molar-refractivity contribution < 1.29 is 4.74 Å². The van der Waals surface area contributed by atoms with Gasteiger partial charge < -0.3 is 21.5 Å². The molecule has 4 rings (SSSR count). The Labute approximate surface area is 161 Å². The van der Waals surface area contributed by atoms with Gasteiger partial charge in [0.25, 0.3) is 0 Å². The summed E-state index contributed by atoms with van der Waals surface area (Å²) in [6, 6.07) is 8.52. The van der Waals surface area contributed by atoms with Gasteiger partial charge in [0.2, 0.25) is 0 Å². The molecule has 0 aliphatic carbocycles. The fourth-order valence-corrected chi connectivity index (χ4v) is 4.46. The molecule has 7 nitrogen and oxygen atoms in total. The summed E-state index contributed by atoms with van der Waals surface area (Å²) in [7, 11) is 1.70. The van der Waals surface area contributed by atoms with Gasteiger partial charge in [0.05, 0.1) is 17.5 Å². The minimum Gasteiger partial charge on any atom is -0.495 e. The van der Waals surface area contributed by atoms with E-state index in [1.165, 1.54) is 11.9 Å². The van der Waals surface area contributed by atoms with E-state index in [0.29, 0.717) is 18.9 Å². The zero-order valence-corrected chi connectivity index (χ0v) is 16.1. The first-order chi connectivity index (χ1) is 13.1. The number of ether oxygens (including phenoxy) is 1. The molecule has 0 radical (unpaired) electrons. The molecule has 0 fully saturated rings. The lowest BCUT2D eigenvalue weighted by molar-refractivity contribution is 0.420. The zero-order valence-electron chi connectivity index (χ0n) is 15.3. The van der Waals surface area contributed by atoms with Gasteiger partial charge >= 0.3 is 0 Å². The van der Waals surface area contributed by atoms with Crippen LogP contribution in [0.25, 0.3) is 26.0 Å². The smallest absolute Gasteiger partial charge is 0.152 e. The zero-order chi connectivity index (χ0) is 19.0. The van der Waals surface area contributed by atoms with E-state index < -0.39 is 0 Å². The normalized spacial score (nSPS) is 11.5. The lowest BCUT2D eigenvalue weighted by Crippen LogP contribution is -2.22. The second-order valence-electron chi connectivity index (χ2n) is 6.42. The molecule has 0 saturated carbocycles. The number of aryl methyl sites for hydroxylation is 1. The second kappa shape index (κ2) is 7.15. The molecular weight excluding hydrogens is 360 g/mol. The van der Waals surface area contributed by atoms with Crippen LogP contribution in [0.2, 0.25) is 0 Å². The van der Waals surface area contributed by atoms with E-state index in [-0.39, 0.29) is 0 Å². The Morgan fingerprint density at radius 1 is 1.26 bits per heavy atom. The van der Waals surface area contributed by atoms with E-state index >= 15 is 0 Å². The first-order valence-corrected chi connectivity index (χ1v) is 9.54. The number of benzene rings is 1. The third-order valence-corrected chi connectivity index (χ3v) is 5.69. The first-order valence-electron chi connectivity index (χ1n) is 8.72. The monoisotopic (exact) mass is 382 g/mol. The van der Waals surface area contributed by atoms with Crippen LogP contribution in [0.1, 0.15) is 11.3 Å². The third-order valence-electron chi connectivity index (χ3n) is 4.50. The van der Waals surface area contributed by atoms with Crippen molar-refractivity contribution in [2.24, 2.45) is 5.73 Å². The van der Waals surface area contributed by atoms with Gasteiger partial charge in [-0.05, 0) is 36.1 Å². The lowest BCUT2D eigenvalue weighted by Gasteiger charge is -2.03. The third kappa shape index (κ3) is 3.12. The average molecular weight is 382 g/mol. The van der Waals surface area contributed by atoms with E-state index in [1.54, 1.807) is 18.4 Å². The maximum atomic E-state index is 6.20. The van der Waals surface area contributed by atoms with Crippen LogP contribution < -0.4 is 21.5 Å². The average Bonchev–Trinajstić information content (AvgIpc) is 3.23. The highest BCUT2D eigenvalue weighted by Crippen LogP contribution is 2.42. The number of fused-ring (bicyclic) bond motifs is 2. The van der Waals surface area contributed by atoms with Crippen molar-refractivity contribution >= 4 is 32.8 Å². The Morgan fingerprint density at radius 2 is 2.11 bits per heavy atom. The molecule has 0 saturated heterocycles. The molecule has 27 heavy (non-hydrogen) atoms. The molecule has 0 aliphatic rings. The van der Waals surface area contributed by atoms with Gasteiger partial charge in [0.1, 0.15) is 17.6 Å². The summed E-state index contributed by atoms with van der Waals surface area (Å²) < 4.78 is 8.55. The molecule has 1 aromatic carbocycles. The lowest BCUT2D eigenvalue weighted by atomic mass is 10.1. The number of methoxy groups -OCH3 is 1. The minimum atomic E-state index is 0.464. The summed E-state index contributed by atoms with van der Waals surface area (Å²) in [5.74, 6) is 1.35. The number of nitrogens with one attached hydrogen (secondary N) is 1. The molecule has 3 heterocycles. The van der Waals surface area contributed by atoms with Gasteiger partial charge in [-0.2, -0.15) is 5.10 Å². The molecular formula is C19H22N6OS. The molecule has 4 aromatic rings. The topological polar surface area (TPSA) is 103 Å². The highest BCUT2D eigenvalue weighted by molar-refractivity contribution is 7.22. The van der Waals surface area contributed by atoms with Crippen LogP contribution in [0.3, 0.4) is 0 Å². The van der Waals surface area contributed by atoms with Crippen molar-refractivity contribution in [2.75, 3.05) is 25.9 Å². The summed E-state index contributed by atoms with van der Waals surface area (Å²) in [5.41, 5.74) is 15.8. The molecule has 0 aliphatic heterocycles. The van der Waals surface area contributed by atoms with Gasteiger partial charge in [-0.15, -0.1) is 11.3 Å². The maximum Gasteiger partial charge on any atom is 0.152 e. The highest BCUT2D eigenvalue weighted by Gasteiger charge is 2.18. The number of nitrogen functional groups attached to an aromatic ring is 1.